The van der Waals surface area contributed by atoms with Crippen LogP contribution in [0.4, 0.5) is 0 Å². The number of carboxylic acid groups (broad SMARTS) is 1. The van der Waals surface area contributed by atoms with Crippen molar-refractivity contribution < 1.29 is 14.6 Å². The third-order valence-electron chi connectivity index (χ3n) is 3.06. The van der Waals surface area contributed by atoms with Crippen LogP contribution >= 0.6 is 0 Å². The van der Waals surface area contributed by atoms with Crippen LogP contribution in [0.2, 0.25) is 0 Å². The van der Waals surface area contributed by atoms with Gasteiger partial charge in [0.25, 0.3) is 0 Å². The first-order chi connectivity index (χ1) is 9.20. The van der Waals surface area contributed by atoms with Crippen LogP contribution in [0.3, 0.4) is 0 Å². The highest BCUT2D eigenvalue weighted by Gasteiger charge is 2.18. The minimum atomic E-state index is -1.02. The van der Waals surface area contributed by atoms with Gasteiger partial charge in [0.05, 0.1) is 12.3 Å². The van der Waals surface area contributed by atoms with E-state index in [0.29, 0.717) is 18.7 Å². The Morgan fingerprint density at radius 3 is 2.68 bits per heavy atom. The molecule has 1 aromatic heterocycles. The van der Waals surface area contributed by atoms with E-state index in [2.05, 4.69) is 17.2 Å². The second kappa shape index (κ2) is 8.63. The van der Waals surface area contributed by atoms with Gasteiger partial charge in [-0.2, -0.15) is 0 Å². The predicted molar refractivity (Wildman–Crippen MR) is 71.3 cm³/mol. The Balaban J connectivity index is 2.58. The number of hydrogen-bond donors (Lipinski definition) is 1. The van der Waals surface area contributed by atoms with Crippen molar-refractivity contribution in [1.82, 2.24) is 15.0 Å². The molecule has 1 rings (SSSR count). The average molecular weight is 269 g/mol. The molecule has 108 valence electrons. The maximum Gasteiger partial charge on any atom is 0.358 e. The highest BCUT2D eigenvalue weighted by Crippen LogP contribution is 2.10. The van der Waals surface area contributed by atoms with Crippen molar-refractivity contribution in [1.29, 1.82) is 0 Å². The summed E-state index contributed by atoms with van der Waals surface area (Å²) in [6.07, 6.45) is 6.34. The van der Waals surface area contributed by atoms with Gasteiger partial charge in [0.1, 0.15) is 0 Å². The summed E-state index contributed by atoms with van der Waals surface area (Å²) in [5.41, 5.74) is 0.704. The Morgan fingerprint density at radius 1 is 1.32 bits per heavy atom. The minimum absolute atomic E-state index is 0.0469. The molecule has 1 N–H and O–H groups in total. The van der Waals surface area contributed by atoms with Gasteiger partial charge in [-0.3, -0.25) is 0 Å². The number of unbranched alkanes of at least 4 members (excludes halogenated alkanes) is 4. The molecule has 0 saturated heterocycles. The molecular formula is C13H23N3O3. The lowest BCUT2D eigenvalue weighted by molar-refractivity contribution is 0.0688. The fourth-order valence-electron chi connectivity index (χ4n) is 1.99. The molecule has 0 aliphatic heterocycles. The first-order valence-electron chi connectivity index (χ1n) is 6.85. The maximum atomic E-state index is 11.1. The van der Waals surface area contributed by atoms with Gasteiger partial charge in [0, 0.05) is 20.1 Å². The molecule has 6 nitrogen and oxygen atoms in total. The molecule has 19 heavy (non-hydrogen) atoms. The fraction of sp³-hybridized carbons (Fsp3) is 0.769. The molecule has 0 aromatic carbocycles. The van der Waals surface area contributed by atoms with Gasteiger partial charge in [-0.1, -0.05) is 37.8 Å². The molecule has 1 heterocycles. The van der Waals surface area contributed by atoms with Crippen molar-refractivity contribution in [2.45, 2.75) is 52.0 Å². The van der Waals surface area contributed by atoms with Crippen LogP contribution in [0.1, 0.15) is 55.2 Å². The smallest absolute Gasteiger partial charge is 0.358 e. The molecule has 0 amide bonds. The van der Waals surface area contributed by atoms with Crippen molar-refractivity contribution in [2.24, 2.45) is 0 Å². The number of carbonyl (C=O) groups is 1. The number of nitrogens with zero attached hydrogens (tertiary/aromatic N) is 3. The summed E-state index contributed by atoms with van der Waals surface area (Å²) in [5, 5.41) is 16.7. The zero-order valence-corrected chi connectivity index (χ0v) is 11.8. The number of carboxylic acids is 1. The second-order valence-corrected chi connectivity index (χ2v) is 4.57. The third kappa shape index (κ3) is 4.98. The van der Waals surface area contributed by atoms with Crippen LogP contribution in [0.25, 0.3) is 0 Å². The number of hydrogen-bond acceptors (Lipinski definition) is 4. The van der Waals surface area contributed by atoms with Crippen molar-refractivity contribution in [2.75, 3.05) is 13.7 Å². The molecule has 0 radical (unpaired) electrons. The Bertz CT molecular complexity index is 390. The van der Waals surface area contributed by atoms with Crippen LogP contribution in [-0.4, -0.2) is 39.8 Å². The maximum absolute atomic E-state index is 11.1. The summed E-state index contributed by atoms with van der Waals surface area (Å²) >= 11 is 0. The van der Waals surface area contributed by atoms with Gasteiger partial charge in [0.2, 0.25) is 0 Å². The van der Waals surface area contributed by atoms with Gasteiger partial charge in [-0.05, 0) is 6.42 Å². The van der Waals surface area contributed by atoms with Crippen LogP contribution in [-0.2, 0) is 17.7 Å². The molecule has 0 spiro atoms. The fourth-order valence-corrected chi connectivity index (χ4v) is 1.99. The summed E-state index contributed by atoms with van der Waals surface area (Å²) < 4.78 is 6.70. The number of aromatic nitrogens is 3. The Kier molecular flexibility index (Phi) is 7.10. The van der Waals surface area contributed by atoms with E-state index in [1.54, 1.807) is 11.8 Å². The summed E-state index contributed by atoms with van der Waals surface area (Å²) in [6, 6.07) is 0. The molecular weight excluding hydrogens is 246 g/mol. The number of ether oxygens (including phenoxy) is 1. The highest BCUT2D eigenvalue weighted by atomic mass is 16.5. The quantitative estimate of drug-likeness (QED) is 0.658. The van der Waals surface area contributed by atoms with Crippen LogP contribution in [0, 0.1) is 0 Å². The van der Waals surface area contributed by atoms with Crippen LogP contribution < -0.4 is 0 Å². The summed E-state index contributed by atoms with van der Waals surface area (Å²) in [7, 11) is 1.60. The molecule has 6 heteroatoms. The molecule has 0 aliphatic rings. The van der Waals surface area contributed by atoms with E-state index in [4.69, 9.17) is 9.84 Å². The van der Waals surface area contributed by atoms with Crippen molar-refractivity contribution in [3.63, 3.8) is 0 Å². The molecule has 0 unspecified atom stereocenters. The first-order valence-corrected chi connectivity index (χ1v) is 6.85. The number of rotatable bonds is 10. The van der Waals surface area contributed by atoms with Crippen LogP contribution in [0.15, 0.2) is 0 Å². The van der Waals surface area contributed by atoms with Crippen molar-refractivity contribution in [3.05, 3.63) is 11.4 Å². The van der Waals surface area contributed by atoms with E-state index >= 15 is 0 Å². The van der Waals surface area contributed by atoms with Gasteiger partial charge in [0.15, 0.2) is 5.69 Å². The Hall–Kier alpha value is -1.43. The number of methoxy groups -OCH3 is 1. The zero-order chi connectivity index (χ0) is 14.1. The van der Waals surface area contributed by atoms with E-state index in [9.17, 15) is 4.79 Å². The molecule has 0 bridgehead atoms. The molecule has 0 atom stereocenters. The SMILES string of the molecule is CCCCCCCn1nnc(C(=O)O)c1CCOC. The van der Waals surface area contributed by atoms with Gasteiger partial charge in [-0.25, -0.2) is 9.48 Å². The van der Waals surface area contributed by atoms with Gasteiger partial charge in [-0.15, -0.1) is 5.10 Å². The highest BCUT2D eigenvalue weighted by molar-refractivity contribution is 5.86. The summed E-state index contributed by atoms with van der Waals surface area (Å²) in [6.45, 7) is 3.38. The predicted octanol–water partition coefficient (Wildman–Crippen LogP) is 2.14. The number of aromatic carboxylic acids is 1. The normalized spacial score (nSPS) is 10.8. The van der Waals surface area contributed by atoms with Crippen LogP contribution in [0.5, 0.6) is 0 Å². The van der Waals surface area contributed by atoms with Crippen molar-refractivity contribution in [3.8, 4) is 0 Å². The Labute approximate surface area is 113 Å². The lowest BCUT2D eigenvalue weighted by Gasteiger charge is -2.06. The first kappa shape index (κ1) is 15.6. The van der Waals surface area contributed by atoms with E-state index in [1.165, 1.54) is 19.3 Å². The molecule has 0 saturated carbocycles. The van der Waals surface area contributed by atoms with Gasteiger partial charge < -0.3 is 9.84 Å². The summed E-state index contributed by atoms with van der Waals surface area (Å²) in [5.74, 6) is -1.02. The largest absolute Gasteiger partial charge is 0.476 e. The standard InChI is InChI=1S/C13H23N3O3/c1-3-4-5-6-7-9-16-11(8-10-19-2)12(13(17)18)14-15-16/h3-10H2,1-2H3,(H,17,18). The van der Waals surface area contributed by atoms with E-state index in [-0.39, 0.29) is 5.69 Å². The molecule has 1 aromatic rings. The molecule has 0 aliphatic carbocycles. The lowest BCUT2D eigenvalue weighted by Crippen LogP contribution is -2.11. The van der Waals surface area contributed by atoms with E-state index in [0.717, 1.165) is 19.4 Å². The van der Waals surface area contributed by atoms with E-state index in [1.807, 2.05) is 0 Å². The minimum Gasteiger partial charge on any atom is -0.476 e. The van der Waals surface area contributed by atoms with E-state index < -0.39 is 5.97 Å². The summed E-state index contributed by atoms with van der Waals surface area (Å²) in [4.78, 5) is 11.1. The molecule has 0 fully saturated rings. The zero-order valence-electron chi connectivity index (χ0n) is 11.8. The van der Waals surface area contributed by atoms with Gasteiger partial charge >= 0.3 is 5.97 Å². The Morgan fingerprint density at radius 2 is 2.05 bits per heavy atom. The van der Waals surface area contributed by atoms with Crippen molar-refractivity contribution >= 4 is 5.97 Å². The lowest BCUT2D eigenvalue weighted by atomic mass is 10.1. The number of aryl methyl sites for hydroxylation is 1. The second-order valence-electron chi connectivity index (χ2n) is 4.57. The average Bonchev–Trinajstić information content (AvgIpc) is 2.79. The third-order valence-corrected chi connectivity index (χ3v) is 3.06. The topological polar surface area (TPSA) is 77.2 Å². The monoisotopic (exact) mass is 269 g/mol.